The van der Waals surface area contributed by atoms with E-state index in [9.17, 15) is 13.2 Å². The number of nitrogens with zero attached hydrogens (tertiary/aromatic N) is 1. The topological polar surface area (TPSA) is 66.5 Å². The minimum absolute atomic E-state index is 0.00349. The maximum atomic E-state index is 12.0. The number of likely N-dealkylation sites (tertiary alicyclic amines) is 1. The van der Waals surface area contributed by atoms with Gasteiger partial charge in [-0.15, -0.1) is 0 Å². The lowest BCUT2D eigenvalue weighted by molar-refractivity contribution is -0.130. The van der Waals surface area contributed by atoms with E-state index >= 15 is 0 Å². The summed E-state index contributed by atoms with van der Waals surface area (Å²) in [5, 5.41) is 0. The van der Waals surface area contributed by atoms with Crippen LogP contribution in [0, 0.1) is 0 Å². The standard InChI is InChI=1S/C16H24N2O3S/c19-16-10-5-2-6-12-18(16)13-7-11-17-22(20,21)14-15-8-3-1-4-9-15/h1,3-4,8-9,17H,2,5-7,10-14H2. The fourth-order valence-corrected chi connectivity index (χ4v) is 3.81. The SMILES string of the molecule is O=C1CCCCCN1CCCNS(=O)(=O)Cc1ccccc1. The van der Waals surface area contributed by atoms with E-state index in [2.05, 4.69) is 4.72 Å². The Balaban J connectivity index is 1.72. The van der Waals surface area contributed by atoms with Crippen LogP contribution < -0.4 is 4.72 Å². The number of nitrogens with one attached hydrogen (secondary N) is 1. The molecule has 0 saturated carbocycles. The fourth-order valence-electron chi connectivity index (χ4n) is 2.62. The second-order valence-electron chi connectivity index (χ2n) is 5.68. The molecule has 0 bridgehead atoms. The Morgan fingerprint density at radius 3 is 2.64 bits per heavy atom. The number of sulfonamides is 1. The molecule has 0 aromatic heterocycles. The van der Waals surface area contributed by atoms with Gasteiger partial charge in [-0.1, -0.05) is 36.8 Å². The van der Waals surface area contributed by atoms with Gasteiger partial charge in [0.05, 0.1) is 5.75 Å². The summed E-state index contributed by atoms with van der Waals surface area (Å²) in [7, 11) is -3.31. The zero-order valence-corrected chi connectivity index (χ0v) is 13.6. The molecule has 1 saturated heterocycles. The van der Waals surface area contributed by atoms with E-state index in [1.807, 2.05) is 23.1 Å². The minimum Gasteiger partial charge on any atom is -0.343 e. The van der Waals surface area contributed by atoms with Crippen molar-refractivity contribution >= 4 is 15.9 Å². The molecule has 0 unspecified atom stereocenters. The van der Waals surface area contributed by atoms with Gasteiger partial charge in [0.15, 0.2) is 0 Å². The lowest BCUT2D eigenvalue weighted by atomic mass is 10.2. The maximum Gasteiger partial charge on any atom is 0.222 e. The van der Waals surface area contributed by atoms with Crippen molar-refractivity contribution in [3.05, 3.63) is 35.9 Å². The number of amides is 1. The highest BCUT2D eigenvalue weighted by atomic mass is 32.2. The highest BCUT2D eigenvalue weighted by Gasteiger charge is 2.16. The van der Waals surface area contributed by atoms with Gasteiger partial charge >= 0.3 is 0 Å². The van der Waals surface area contributed by atoms with Crippen LogP contribution in [0.3, 0.4) is 0 Å². The first kappa shape index (κ1) is 17.0. The summed E-state index contributed by atoms with van der Waals surface area (Å²) in [6.07, 6.45) is 4.40. The maximum absolute atomic E-state index is 12.0. The van der Waals surface area contributed by atoms with Gasteiger partial charge in [0, 0.05) is 26.1 Å². The number of carbonyl (C=O) groups excluding carboxylic acids is 1. The quantitative estimate of drug-likeness (QED) is 0.779. The molecule has 1 aromatic carbocycles. The van der Waals surface area contributed by atoms with Crippen molar-refractivity contribution in [2.45, 2.75) is 37.9 Å². The molecule has 1 fully saturated rings. The Hall–Kier alpha value is -1.40. The van der Waals surface area contributed by atoms with Crippen molar-refractivity contribution in [3.63, 3.8) is 0 Å². The highest BCUT2D eigenvalue weighted by molar-refractivity contribution is 7.88. The van der Waals surface area contributed by atoms with Gasteiger partial charge in [0.25, 0.3) is 0 Å². The first-order valence-corrected chi connectivity index (χ1v) is 9.51. The Bertz CT molecular complexity index is 572. The third-order valence-electron chi connectivity index (χ3n) is 3.80. The van der Waals surface area contributed by atoms with Gasteiger partial charge in [-0.05, 0) is 24.8 Å². The fraction of sp³-hybridized carbons (Fsp3) is 0.562. The van der Waals surface area contributed by atoms with Crippen LogP contribution in [0.4, 0.5) is 0 Å². The van der Waals surface area contributed by atoms with Crippen molar-refractivity contribution in [1.29, 1.82) is 0 Å². The first-order valence-electron chi connectivity index (χ1n) is 7.86. The van der Waals surface area contributed by atoms with Crippen LogP contribution in [-0.2, 0) is 20.6 Å². The molecule has 0 spiro atoms. The molecule has 0 atom stereocenters. The number of rotatable bonds is 7. The molecule has 1 aliphatic heterocycles. The molecule has 2 rings (SSSR count). The minimum atomic E-state index is -3.31. The number of hydrogen-bond acceptors (Lipinski definition) is 3. The Morgan fingerprint density at radius 1 is 1.09 bits per heavy atom. The van der Waals surface area contributed by atoms with Crippen LogP contribution in [0.1, 0.15) is 37.7 Å². The third-order valence-corrected chi connectivity index (χ3v) is 5.15. The van der Waals surface area contributed by atoms with Crippen LogP contribution >= 0.6 is 0 Å². The molecular weight excluding hydrogens is 300 g/mol. The summed E-state index contributed by atoms with van der Waals surface area (Å²) >= 11 is 0. The predicted octanol–water partition coefficient (Wildman–Crippen LogP) is 1.90. The summed E-state index contributed by atoms with van der Waals surface area (Å²) < 4.78 is 26.6. The van der Waals surface area contributed by atoms with E-state index in [0.717, 1.165) is 31.4 Å². The molecule has 1 amide bonds. The van der Waals surface area contributed by atoms with E-state index in [1.54, 1.807) is 12.1 Å². The van der Waals surface area contributed by atoms with Crippen molar-refractivity contribution in [2.75, 3.05) is 19.6 Å². The van der Waals surface area contributed by atoms with Gasteiger partial charge < -0.3 is 4.90 Å². The number of carbonyl (C=O) groups is 1. The van der Waals surface area contributed by atoms with Crippen molar-refractivity contribution in [1.82, 2.24) is 9.62 Å². The van der Waals surface area contributed by atoms with Crippen molar-refractivity contribution in [2.24, 2.45) is 0 Å². The van der Waals surface area contributed by atoms with Crippen LogP contribution in [0.5, 0.6) is 0 Å². The molecule has 1 heterocycles. The van der Waals surface area contributed by atoms with E-state index in [4.69, 9.17) is 0 Å². The van der Waals surface area contributed by atoms with Gasteiger partial charge in [-0.3, -0.25) is 4.79 Å². The second kappa shape index (κ2) is 8.29. The molecule has 0 radical (unpaired) electrons. The molecule has 0 aliphatic carbocycles. The summed E-state index contributed by atoms with van der Waals surface area (Å²) in [4.78, 5) is 13.7. The molecule has 1 aromatic rings. The largest absolute Gasteiger partial charge is 0.343 e. The third kappa shape index (κ3) is 5.77. The Labute approximate surface area is 132 Å². The summed E-state index contributed by atoms with van der Waals surface area (Å²) in [6.45, 7) is 1.81. The summed E-state index contributed by atoms with van der Waals surface area (Å²) in [5.41, 5.74) is 0.776. The summed E-state index contributed by atoms with van der Waals surface area (Å²) in [6, 6.07) is 9.12. The smallest absolute Gasteiger partial charge is 0.222 e. The van der Waals surface area contributed by atoms with Crippen LogP contribution in [0.2, 0.25) is 0 Å². The molecule has 6 heteroatoms. The molecule has 5 nitrogen and oxygen atoms in total. The lowest BCUT2D eigenvalue weighted by Gasteiger charge is -2.20. The monoisotopic (exact) mass is 324 g/mol. The van der Waals surface area contributed by atoms with Gasteiger partial charge in [0.2, 0.25) is 15.9 Å². The predicted molar refractivity (Wildman–Crippen MR) is 86.7 cm³/mol. The average molecular weight is 324 g/mol. The first-order chi connectivity index (χ1) is 10.6. The lowest BCUT2D eigenvalue weighted by Crippen LogP contribution is -2.34. The average Bonchev–Trinajstić information content (AvgIpc) is 2.69. The van der Waals surface area contributed by atoms with E-state index in [1.165, 1.54) is 0 Å². The van der Waals surface area contributed by atoms with Gasteiger partial charge in [-0.2, -0.15) is 0 Å². The highest BCUT2D eigenvalue weighted by Crippen LogP contribution is 2.11. The van der Waals surface area contributed by atoms with Gasteiger partial charge in [0.1, 0.15) is 0 Å². The van der Waals surface area contributed by atoms with Crippen molar-refractivity contribution in [3.8, 4) is 0 Å². The zero-order valence-electron chi connectivity index (χ0n) is 12.8. The number of hydrogen-bond donors (Lipinski definition) is 1. The second-order valence-corrected chi connectivity index (χ2v) is 7.49. The van der Waals surface area contributed by atoms with Crippen LogP contribution in [0.25, 0.3) is 0 Å². The molecule has 1 aliphatic rings. The molecular formula is C16H24N2O3S. The Morgan fingerprint density at radius 2 is 1.86 bits per heavy atom. The van der Waals surface area contributed by atoms with Gasteiger partial charge in [-0.25, -0.2) is 13.1 Å². The number of benzene rings is 1. The normalized spacial score (nSPS) is 16.5. The Kier molecular flexibility index (Phi) is 6.39. The van der Waals surface area contributed by atoms with E-state index in [0.29, 0.717) is 25.9 Å². The molecule has 122 valence electrons. The molecule has 1 N–H and O–H groups in total. The van der Waals surface area contributed by atoms with Crippen LogP contribution in [-0.4, -0.2) is 38.9 Å². The van der Waals surface area contributed by atoms with E-state index in [-0.39, 0.29) is 11.7 Å². The zero-order chi connectivity index (χ0) is 15.8. The van der Waals surface area contributed by atoms with Crippen LogP contribution in [0.15, 0.2) is 30.3 Å². The molecule has 22 heavy (non-hydrogen) atoms. The van der Waals surface area contributed by atoms with Crippen molar-refractivity contribution < 1.29 is 13.2 Å². The summed E-state index contributed by atoms with van der Waals surface area (Å²) in [5.74, 6) is 0.195. The van der Waals surface area contributed by atoms with E-state index < -0.39 is 10.0 Å².